The van der Waals surface area contributed by atoms with Gasteiger partial charge in [0.05, 0.1) is 30.5 Å². The van der Waals surface area contributed by atoms with Crippen molar-refractivity contribution in [2.45, 2.75) is 26.1 Å². The van der Waals surface area contributed by atoms with Gasteiger partial charge in [0, 0.05) is 41.9 Å². The van der Waals surface area contributed by atoms with E-state index in [0.29, 0.717) is 31.1 Å². The number of benzene rings is 2. The summed E-state index contributed by atoms with van der Waals surface area (Å²) in [5.74, 6) is 0.114. The molecule has 1 atom stereocenters. The third-order valence-corrected chi connectivity index (χ3v) is 6.22. The van der Waals surface area contributed by atoms with Crippen LogP contribution in [0.4, 0.5) is 24.7 Å². The van der Waals surface area contributed by atoms with Crippen LogP contribution in [0.2, 0.25) is 0 Å². The average Bonchev–Trinajstić information content (AvgIpc) is 3.33. The highest BCUT2D eigenvalue weighted by atomic mass is 19.4. The Balaban J connectivity index is 1.49. The third-order valence-electron chi connectivity index (χ3n) is 6.22. The molecule has 36 heavy (non-hydrogen) atoms. The molecule has 186 valence electrons. The first-order valence-corrected chi connectivity index (χ1v) is 11.5. The molecular formula is C26H24F3N5O2. The fourth-order valence-corrected chi connectivity index (χ4v) is 4.30. The Morgan fingerprint density at radius 2 is 2.03 bits per heavy atom. The Bertz CT molecular complexity index is 1430. The van der Waals surface area contributed by atoms with Crippen molar-refractivity contribution in [1.29, 1.82) is 0 Å². The smallest absolute Gasteiger partial charge is 0.377 e. The lowest BCUT2D eigenvalue weighted by molar-refractivity contribution is -0.137. The van der Waals surface area contributed by atoms with Crippen LogP contribution in [0.5, 0.6) is 0 Å². The van der Waals surface area contributed by atoms with Crippen LogP contribution in [0, 0.1) is 6.92 Å². The minimum atomic E-state index is -4.53. The number of halogens is 3. The molecule has 3 heterocycles. The molecule has 5 rings (SSSR count). The zero-order valence-corrected chi connectivity index (χ0v) is 19.7. The molecule has 1 fully saturated rings. The molecule has 10 heteroatoms. The van der Waals surface area contributed by atoms with Crippen molar-refractivity contribution in [2.24, 2.45) is 0 Å². The van der Waals surface area contributed by atoms with Gasteiger partial charge < -0.3 is 19.4 Å². The Hall–Kier alpha value is -3.92. The van der Waals surface area contributed by atoms with E-state index in [2.05, 4.69) is 22.1 Å². The maximum absolute atomic E-state index is 13.1. The third kappa shape index (κ3) is 4.64. The number of carbonyl (C=O) groups excluding carboxylic acids is 1. The molecule has 7 nitrogen and oxygen atoms in total. The molecule has 1 aliphatic heterocycles. The fraction of sp³-hybridized carbons (Fsp3) is 0.269. The molecule has 0 spiro atoms. The second-order valence-corrected chi connectivity index (χ2v) is 8.79. The topological polar surface area (TPSA) is 71.8 Å². The first-order chi connectivity index (χ1) is 17.2. The van der Waals surface area contributed by atoms with E-state index in [4.69, 9.17) is 9.72 Å². The molecule has 1 amide bonds. The summed E-state index contributed by atoms with van der Waals surface area (Å²) in [6.45, 7) is 5.88. The van der Waals surface area contributed by atoms with Gasteiger partial charge in [-0.1, -0.05) is 12.1 Å². The fourth-order valence-electron chi connectivity index (χ4n) is 4.30. The van der Waals surface area contributed by atoms with Gasteiger partial charge in [0.15, 0.2) is 11.5 Å². The van der Waals surface area contributed by atoms with Gasteiger partial charge in [-0.05, 0) is 49.7 Å². The highest BCUT2D eigenvalue weighted by Crippen LogP contribution is 2.31. The summed E-state index contributed by atoms with van der Waals surface area (Å²) in [5.41, 5.74) is 2.64. The van der Waals surface area contributed by atoms with E-state index in [-0.39, 0.29) is 11.6 Å². The molecule has 1 unspecified atom stereocenters. The molecule has 1 N–H and O–H groups in total. The lowest BCUT2D eigenvalue weighted by Crippen LogP contribution is -2.44. The van der Waals surface area contributed by atoms with Crippen LogP contribution >= 0.6 is 0 Å². The van der Waals surface area contributed by atoms with Crippen molar-refractivity contribution in [1.82, 2.24) is 14.4 Å². The van der Waals surface area contributed by atoms with Crippen molar-refractivity contribution in [3.63, 3.8) is 0 Å². The summed E-state index contributed by atoms with van der Waals surface area (Å²) in [6, 6.07) is 9.81. The zero-order valence-electron chi connectivity index (χ0n) is 19.7. The van der Waals surface area contributed by atoms with E-state index in [1.165, 1.54) is 12.1 Å². The van der Waals surface area contributed by atoms with E-state index in [9.17, 15) is 18.0 Å². The van der Waals surface area contributed by atoms with Crippen molar-refractivity contribution in [3.8, 4) is 11.3 Å². The molecular weight excluding hydrogens is 471 g/mol. The number of hydrogen-bond donors (Lipinski definition) is 1. The molecule has 0 bridgehead atoms. The van der Waals surface area contributed by atoms with E-state index in [1.54, 1.807) is 18.3 Å². The average molecular weight is 496 g/mol. The highest BCUT2D eigenvalue weighted by molar-refractivity contribution is 6.04. The number of aryl methyl sites for hydroxylation is 1. The van der Waals surface area contributed by atoms with Gasteiger partial charge in [0.2, 0.25) is 0 Å². The van der Waals surface area contributed by atoms with Gasteiger partial charge in [-0.3, -0.25) is 4.79 Å². The maximum atomic E-state index is 13.1. The van der Waals surface area contributed by atoms with Gasteiger partial charge in [-0.25, -0.2) is 9.97 Å². The number of nitrogens with one attached hydrogen (secondary N) is 1. The summed E-state index contributed by atoms with van der Waals surface area (Å²) < 4.78 is 46.7. The van der Waals surface area contributed by atoms with Crippen LogP contribution in [-0.2, 0) is 10.9 Å². The summed E-state index contributed by atoms with van der Waals surface area (Å²) in [6.07, 6.45) is 0.913. The number of fused-ring (bicyclic) bond motifs is 1. The number of anilines is 2. The van der Waals surface area contributed by atoms with Crippen LogP contribution in [-0.4, -0.2) is 46.1 Å². The van der Waals surface area contributed by atoms with Gasteiger partial charge in [0.1, 0.15) is 0 Å². The minimum absolute atomic E-state index is 0.0755. The van der Waals surface area contributed by atoms with E-state index in [1.807, 2.05) is 29.8 Å². The number of rotatable bonds is 4. The monoisotopic (exact) mass is 495 g/mol. The van der Waals surface area contributed by atoms with Crippen molar-refractivity contribution >= 4 is 23.1 Å². The Kier molecular flexibility index (Phi) is 6.13. The summed E-state index contributed by atoms with van der Waals surface area (Å²) in [5, 5.41) is 2.71. The van der Waals surface area contributed by atoms with Crippen LogP contribution in [0.1, 0.15) is 28.4 Å². The second kappa shape index (κ2) is 9.27. The van der Waals surface area contributed by atoms with Crippen LogP contribution in [0.25, 0.3) is 16.9 Å². The van der Waals surface area contributed by atoms with Crippen molar-refractivity contribution in [2.75, 3.05) is 30.0 Å². The lowest BCUT2D eigenvalue weighted by Gasteiger charge is -2.34. The van der Waals surface area contributed by atoms with Crippen LogP contribution in [0.15, 0.2) is 61.1 Å². The van der Waals surface area contributed by atoms with Gasteiger partial charge in [-0.2, -0.15) is 13.2 Å². The highest BCUT2D eigenvalue weighted by Gasteiger charge is 2.31. The zero-order chi connectivity index (χ0) is 25.4. The molecule has 1 saturated heterocycles. The number of amides is 1. The quantitative estimate of drug-likeness (QED) is 0.421. The van der Waals surface area contributed by atoms with Gasteiger partial charge in [-0.15, -0.1) is 0 Å². The molecule has 1 aliphatic rings. The lowest BCUT2D eigenvalue weighted by atomic mass is 10.0. The number of hydrogen-bond acceptors (Lipinski definition) is 5. The Morgan fingerprint density at radius 3 is 2.81 bits per heavy atom. The van der Waals surface area contributed by atoms with Crippen molar-refractivity contribution < 1.29 is 22.7 Å². The SMILES string of the molecule is Cc1ccc(NC(=O)c2cccc(C(F)(F)F)c2)cc1-c1cn2ccnc2c(N2CCOCC2C)n1. The number of nitrogens with zero attached hydrogens (tertiary/aromatic N) is 4. The Labute approximate surface area is 205 Å². The second-order valence-electron chi connectivity index (χ2n) is 8.79. The predicted octanol–water partition coefficient (Wildman–Crippen LogP) is 5.20. The molecule has 2 aromatic carbocycles. The number of carbonyl (C=O) groups is 1. The van der Waals surface area contributed by atoms with Crippen LogP contribution < -0.4 is 10.2 Å². The number of aromatic nitrogens is 3. The minimum Gasteiger partial charge on any atom is -0.377 e. The predicted molar refractivity (Wildman–Crippen MR) is 130 cm³/mol. The molecule has 0 saturated carbocycles. The normalized spacial score (nSPS) is 16.4. The molecule has 4 aromatic rings. The van der Waals surface area contributed by atoms with E-state index in [0.717, 1.165) is 34.7 Å². The number of ether oxygens (including phenoxy) is 1. The maximum Gasteiger partial charge on any atom is 0.416 e. The molecule has 0 aliphatic carbocycles. The number of morpholine rings is 1. The largest absolute Gasteiger partial charge is 0.416 e. The first-order valence-electron chi connectivity index (χ1n) is 11.5. The van der Waals surface area contributed by atoms with Crippen LogP contribution in [0.3, 0.4) is 0 Å². The number of imidazole rings is 1. The molecule has 0 radical (unpaired) electrons. The van der Waals surface area contributed by atoms with E-state index < -0.39 is 17.6 Å². The van der Waals surface area contributed by atoms with Gasteiger partial charge >= 0.3 is 6.18 Å². The standard InChI is InChI=1S/C26H24F3N5O2/c1-16-6-7-20(31-25(35)18-4-3-5-19(12-18)26(27,28)29)13-21(16)22-14-33-9-8-30-23(33)24(32-22)34-10-11-36-15-17(34)2/h3-9,12-14,17H,10-11,15H2,1-2H3,(H,31,35). The first kappa shape index (κ1) is 23.8. The Morgan fingerprint density at radius 1 is 1.19 bits per heavy atom. The summed E-state index contributed by atoms with van der Waals surface area (Å²) in [4.78, 5) is 24.3. The summed E-state index contributed by atoms with van der Waals surface area (Å²) in [7, 11) is 0. The number of alkyl halides is 3. The van der Waals surface area contributed by atoms with Gasteiger partial charge in [0.25, 0.3) is 5.91 Å². The van der Waals surface area contributed by atoms with E-state index >= 15 is 0 Å². The summed E-state index contributed by atoms with van der Waals surface area (Å²) >= 11 is 0. The van der Waals surface area contributed by atoms with Crippen molar-refractivity contribution in [3.05, 3.63) is 77.7 Å². The molecule has 2 aromatic heterocycles.